The third-order valence-electron chi connectivity index (χ3n) is 15.1. The van der Waals surface area contributed by atoms with Crippen molar-refractivity contribution < 1.29 is 9.47 Å². The van der Waals surface area contributed by atoms with E-state index in [9.17, 15) is 0 Å². The number of ether oxygens (including phenoxy) is 2. The molecule has 0 amide bonds. The van der Waals surface area contributed by atoms with Crippen molar-refractivity contribution >= 4 is 50.0 Å². The number of allylic oxidation sites excluding steroid dienone is 6. The number of rotatable bonds is 17. The molecule has 8 aromatic carbocycles. The average Bonchev–Trinajstić information content (AvgIpc) is 3.81. The van der Waals surface area contributed by atoms with Crippen molar-refractivity contribution in [3.8, 4) is 33.8 Å². The molecule has 382 valence electrons. The smallest absolute Gasteiger partial charge is 0.130 e. The maximum absolute atomic E-state index is 6.27. The molecule has 0 aliphatic heterocycles. The fourth-order valence-electron chi connectivity index (χ4n) is 11.4. The van der Waals surface area contributed by atoms with Gasteiger partial charge in [-0.15, -0.1) is 0 Å². The minimum atomic E-state index is 0.398. The summed E-state index contributed by atoms with van der Waals surface area (Å²) in [6, 6.07) is 53.9. The van der Waals surface area contributed by atoms with E-state index in [0.717, 1.165) is 93.6 Å². The Labute approximate surface area is 448 Å². The highest BCUT2D eigenvalue weighted by Gasteiger charge is 2.26. The maximum Gasteiger partial charge on any atom is 0.130 e. The van der Waals surface area contributed by atoms with Gasteiger partial charge in [0, 0.05) is 44.5 Å². The van der Waals surface area contributed by atoms with Gasteiger partial charge in [-0.3, -0.25) is 0 Å². The first kappa shape index (κ1) is 52.3. The Kier molecular flexibility index (Phi) is 16.9. The van der Waals surface area contributed by atoms with E-state index >= 15 is 0 Å². The molecule has 10 rings (SSSR count). The molecular weight excluding hydrogens is 913 g/mol. The van der Waals surface area contributed by atoms with Crippen LogP contribution in [-0.2, 0) is 12.8 Å². The number of benzene rings is 8. The van der Waals surface area contributed by atoms with Crippen LogP contribution in [0.2, 0.25) is 0 Å². The standard InChI is InChI=1S/C66H64N2O2.C5H12/c1-8-10-22-45(4)56-32-21-34-58(66(56)70-7)49-25-19-31-54(43-49)68(52-28-16-13-17-29-52)62-41-46(5)55-37-38-59-61(40-44(3)39-50-35-36-60(62)64(55)63(50)59)67(51-26-14-11-12-15-27-51)53-30-18-24-48(42-53)57-33-20-23-47(9-2)65(57)69-6;1-3-5-4-2/h11,13-21,23-38,40-43,45H,8-10,12,22,39H2,1-7H3;3-5H2,1-2H3. The van der Waals surface area contributed by atoms with Crippen molar-refractivity contribution in [2.45, 2.75) is 112 Å². The zero-order valence-corrected chi connectivity index (χ0v) is 46.0. The second-order valence-corrected chi connectivity index (χ2v) is 20.4. The minimum Gasteiger partial charge on any atom is -0.496 e. The molecule has 0 saturated carbocycles. The minimum absolute atomic E-state index is 0.398. The normalized spacial score (nSPS) is 13.4. The summed E-state index contributed by atoms with van der Waals surface area (Å²) in [6.45, 7) is 15.8. The molecule has 0 spiro atoms. The molecule has 1 unspecified atom stereocenters. The number of hydrogen-bond donors (Lipinski definition) is 0. The van der Waals surface area contributed by atoms with Crippen LogP contribution in [0.25, 0.3) is 49.5 Å². The lowest BCUT2D eigenvalue weighted by atomic mass is 9.90. The maximum atomic E-state index is 6.27. The lowest BCUT2D eigenvalue weighted by molar-refractivity contribution is 0.406. The van der Waals surface area contributed by atoms with Crippen LogP contribution in [0.1, 0.15) is 115 Å². The molecular formula is C71H76N2O2. The second kappa shape index (κ2) is 24.2. The van der Waals surface area contributed by atoms with Gasteiger partial charge < -0.3 is 19.3 Å². The van der Waals surface area contributed by atoms with E-state index in [0.29, 0.717) is 5.92 Å². The van der Waals surface area contributed by atoms with Crippen molar-refractivity contribution in [1.82, 2.24) is 0 Å². The topological polar surface area (TPSA) is 24.9 Å². The van der Waals surface area contributed by atoms with Crippen molar-refractivity contribution in [2.24, 2.45) is 0 Å². The van der Waals surface area contributed by atoms with Crippen molar-refractivity contribution in [3.63, 3.8) is 0 Å². The van der Waals surface area contributed by atoms with Crippen LogP contribution < -0.4 is 24.5 Å². The van der Waals surface area contributed by atoms with Crippen LogP contribution in [0.15, 0.2) is 193 Å². The highest BCUT2D eigenvalue weighted by atomic mass is 16.5. The molecule has 0 aromatic heterocycles. The Morgan fingerprint density at radius 3 is 1.92 bits per heavy atom. The third kappa shape index (κ3) is 10.9. The van der Waals surface area contributed by atoms with E-state index in [2.05, 4.69) is 240 Å². The predicted octanol–water partition coefficient (Wildman–Crippen LogP) is 19.4. The zero-order valence-electron chi connectivity index (χ0n) is 46.0. The van der Waals surface area contributed by atoms with Crippen molar-refractivity contribution in [2.75, 3.05) is 24.0 Å². The van der Waals surface area contributed by atoms with E-state index < -0.39 is 0 Å². The molecule has 0 fully saturated rings. The molecule has 8 aromatic rings. The van der Waals surface area contributed by atoms with Crippen LogP contribution >= 0.6 is 0 Å². The van der Waals surface area contributed by atoms with Gasteiger partial charge in [-0.25, -0.2) is 0 Å². The van der Waals surface area contributed by atoms with E-state index in [1.54, 1.807) is 7.11 Å². The Balaban J connectivity index is 0.00000132. The molecule has 0 heterocycles. The molecule has 0 radical (unpaired) electrons. The highest BCUT2D eigenvalue weighted by Crippen LogP contribution is 2.46. The number of hydrogen-bond acceptors (Lipinski definition) is 4. The largest absolute Gasteiger partial charge is 0.496 e. The van der Waals surface area contributed by atoms with Crippen LogP contribution in [-0.4, -0.2) is 14.2 Å². The summed E-state index contributed by atoms with van der Waals surface area (Å²) < 4.78 is 12.4. The fourth-order valence-corrected chi connectivity index (χ4v) is 11.4. The van der Waals surface area contributed by atoms with Gasteiger partial charge in [-0.05, 0) is 156 Å². The number of para-hydroxylation sites is 3. The first-order valence-electron chi connectivity index (χ1n) is 27.6. The predicted molar refractivity (Wildman–Crippen MR) is 323 cm³/mol. The number of unbranched alkanes of at least 4 members (excludes halogenated alkanes) is 3. The summed E-state index contributed by atoms with van der Waals surface area (Å²) >= 11 is 0. The van der Waals surface area contributed by atoms with Gasteiger partial charge in [0.05, 0.1) is 25.6 Å². The molecule has 0 saturated heterocycles. The number of aryl methyl sites for hydroxylation is 2. The van der Waals surface area contributed by atoms with E-state index in [1.165, 1.54) is 86.7 Å². The van der Waals surface area contributed by atoms with Gasteiger partial charge in [0.15, 0.2) is 0 Å². The SMILES string of the molecule is CCCCC.CCCCC(C)c1cccc(-c2cccc(N(c3ccccc3)c3cc(C)c4ccc5c6c(ccc3c46)CC(C)=CC=5N(C3=CC=CCC=C3)c3cccc(-c4cccc(CC)c4OC)c3)c2)c1OC. The summed E-state index contributed by atoms with van der Waals surface area (Å²) in [4.78, 5) is 4.93. The molecule has 4 nitrogen and oxygen atoms in total. The summed E-state index contributed by atoms with van der Waals surface area (Å²) in [5.74, 6) is 2.30. The molecule has 1 atom stereocenters. The van der Waals surface area contributed by atoms with Crippen molar-refractivity contribution in [3.05, 3.63) is 221 Å². The van der Waals surface area contributed by atoms with E-state index in [4.69, 9.17) is 9.47 Å². The monoisotopic (exact) mass is 989 g/mol. The first-order chi connectivity index (χ1) is 36.7. The average molecular weight is 989 g/mol. The molecule has 75 heavy (non-hydrogen) atoms. The van der Waals surface area contributed by atoms with Gasteiger partial charge in [-0.1, -0.05) is 194 Å². The van der Waals surface area contributed by atoms with E-state index in [1.807, 2.05) is 7.11 Å². The van der Waals surface area contributed by atoms with E-state index in [-0.39, 0.29) is 0 Å². The number of anilines is 4. The lowest BCUT2D eigenvalue weighted by Gasteiger charge is -2.30. The molecule has 2 aliphatic rings. The summed E-state index contributed by atoms with van der Waals surface area (Å²) in [5, 5.41) is 6.29. The van der Waals surface area contributed by atoms with Gasteiger partial charge in [0.2, 0.25) is 0 Å². The number of nitrogens with zero attached hydrogens (tertiary/aromatic N) is 2. The Hall–Kier alpha value is -7.56. The third-order valence-corrected chi connectivity index (χ3v) is 15.1. The fraction of sp³-hybridized carbons (Fsp3) is 0.268. The van der Waals surface area contributed by atoms with Crippen LogP contribution in [0.5, 0.6) is 11.5 Å². The Bertz CT molecular complexity index is 3480. The first-order valence-corrected chi connectivity index (χ1v) is 27.6. The van der Waals surface area contributed by atoms with Gasteiger partial charge >= 0.3 is 0 Å². The zero-order chi connectivity index (χ0) is 52.4. The molecule has 4 heteroatoms. The van der Waals surface area contributed by atoms with Crippen LogP contribution in [0.3, 0.4) is 0 Å². The lowest BCUT2D eigenvalue weighted by Crippen LogP contribution is -2.25. The molecule has 0 bridgehead atoms. The molecule has 2 aliphatic carbocycles. The highest BCUT2D eigenvalue weighted by molar-refractivity contribution is 6.18. The Morgan fingerprint density at radius 1 is 0.587 bits per heavy atom. The number of methoxy groups -OCH3 is 2. The quantitative estimate of drug-likeness (QED) is 0.0908. The summed E-state index contributed by atoms with van der Waals surface area (Å²) in [6.07, 6.45) is 23.9. The second-order valence-electron chi connectivity index (χ2n) is 20.4. The van der Waals surface area contributed by atoms with Gasteiger partial charge in [-0.2, -0.15) is 0 Å². The van der Waals surface area contributed by atoms with Crippen LogP contribution in [0.4, 0.5) is 22.7 Å². The van der Waals surface area contributed by atoms with Crippen molar-refractivity contribution in [1.29, 1.82) is 0 Å². The molecule has 0 N–H and O–H groups in total. The van der Waals surface area contributed by atoms with Gasteiger partial charge in [0.1, 0.15) is 11.5 Å². The van der Waals surface area contributed by atoms with Gasteiger partial charge in [0.25, 0.3) is 0 Å². The Morgan fingerprint density at radius 2 is 1.24 bits per heavy atom. The van der Waals surface area contributed by atoms with Crippen LogP contribution in [0, 0.1) is 6.92 Å². The summed E-state index contributed by atoms with van der Waals surface area (Å²) in [7, 11) is 3.61. The summed E-state index contributed by atoms with van der Waals surface area (Å²) in [5.41, 5.74) is 17.5.